The second-order valence-corrected chi connectivity index (χ2v) is 27.7. The summed E-state index contributed by atoms with van der Waals surface area (Å²) in [7, 11) is -5.69. The minimum absolute atomic E-state index is 0.0517. The molecule has 3 rings (SSSR count). The summed E-state index contributed by atoms with van der Waals surface area (Å²) in [6, 6.07) is 16.5. The molecule has 0 saturated carbocycles. The zero-order valence-corrected chi connectivity index (χ0v) is 34.8. The van der Waals surface area contributed by atoms with Gasteiger partial charge in [-0.3, -0.25) is 10.1 Å². The highest BCUT2D eigenvalue weighted by Gasteiger charge is 2.37. The highest BCUT2D eigenvalue weighted by Crippen LogP contribution is 2.34. The molecule has 0 aliphatic rings. The topological polar surface area (TPSA) is 106 Å². The monoisotopic (exact) mass is 757 g/mol. The Labute approximate surface area is 306 Å². The highest BCUT2D eigenvalue weighted by atomic mass is 28.5. The standard InChI is InChI=1S/C38H56FNO8Si3/c1-10-11-13-16-29(2)45-37-24-19-31(28-35(37)40(42)43)30-17-21-33(22-18-30)46-38(41)32-20-23-36(34(39)27-32)44-25-14-12-15-26-50(6,7)48-51(8,9)47-49(3,4)5/h17-24,27-29H,10-16,25-26H2,1-9H3/t29-/m1/s1. The van der Waals surface area contributed by atoms with Crippen LogP contribution in [-0.2, 0) is 8.23 Å². The van der Waals surface area contributed by atoms with Gasteiger partial charge in [0.25, 0.3) is 0 Å². The van der Waals surface area contributed by atoms with Crippen LogP contribution in [0.25, 0.3) is 11.1 Å². The molecule has 0 aromatic heterocycles. The van der Waals surface area contributed by atoms with Crippen LogP contribution in [0.15, 0.2) is 60.7 Å². The lowest BCUT2D eigenvalue weighted by atomic mass is 10.0. The molecule has 0 fully saturated rings. The van der Waals surface area contributed by atoms with Gasteiger partial charge in [-0.25, -0.2) is 9.18 Å². The molecule has 13 heteroatoms. The third-order valence-corrected chi connectivity index (χ3v) is 18.2. The molecule has 51 heavy (non-hydrogen) atoms. The lowest BCUT2D eigenvalue weighted by molar-refractivity contribution is -0.386. The molecule has 0 aliphatic carbocycles. The van der Waals surface area contributed by atoms with E-state index in [2.05, 4.69) is 52.8 Å². The molecule has 0 bridgehead atoms. The van der Waals surface area contributed by atoms with Crippen molar-refractivity contribution in [2.75, 3.05) is 6.61 Å². The van der Waals surface area contributed by atoms with E-state index in [9.17, 15) is 19.3 Å². The van der Waals surface area contributed by atoms with Crippen LogP contribution in [0.5, 0.6) is 17.2 Å². The Morgan fingerprint density at radius 1 is 0.824 bits per heavy atom. The average Bonchev–Trinajstić information content (AvgIpc) is 3.02. The Morgan fingerprint density at radius 2 is 1.49 bits per heavy atom. The Bertz CT molecular complexity index is 1590. The summed E-state index contributed by atoms with van der Waals surface area (Å²) in [5, 5.41) is 11.8. The molecule has 0 radical (unpaired) electrons. The number of unbranched alkanes of at least 4 members (excludes halogenated alkanes) is 4. The fourth-order valence-electron chi connectivity index (χ4n) is 6.01. The smallest absolute Gasteiger partial charge is 0.343 e. The zero-order valence-electron chi connectivity index (χ0n) is 31.8. The van der Waals surface area contributed by atoms with Crippen LogP contribution in [0.1, 0.15) is 69.2 Å². The fourth-order valence-corrected chi connectivity index (χ4v) is 19.3. The predicted octanol–water partition coefficient (Wildman–Crippen LogP) is 11.3. The second-order valence-electron chi connectivity index (χ2n) is 15.1. The Morgan fingerprint density at radius 3 is 2.12 bits per heavy atom. The van der Waals surface area contributed by atoms with Crippen LogP contribution < -0.4 is 14.2 Å². The number of benzene rings is 3. The molecule has 0 amide bonds. The highest BCUT2D eigenvalue weighted by molar-refractivity contribution is 6.87. The fraction of sp³-hybridized carbons (Fsp3) is 0.500. The van der Waals surface area contributed by atoms with Crippen molar-refractivity contribution in [2.45, 2.75) is 117 Å². The maximum absolute atomic E-state index is 14.8. The molecule has 1 atom stereocenters. The third-order valence-electron chi connectivity index (χ3n) is 8.02. The quantitative estimate of drug-likeness (QED) is 0.0264. The molecule has 0 aliphatic heterocycles. The van der Waals surface area contributed by atoms with Crippen LogP contribution in [0, 0.1) is 15.9 Å². The number of esters is 1. The molecular formula is C38H56FNO8Si3. The summed E-state index contributed by atoms with van der Waals surface area (Å²) >= 11 is 0. The summed E-state index contributed by atoms with van der Waals surface area (Å²) in [6.45, 7) is 19.7. The van der Waals surface area contributed by atoms with Gasteiger partial charge in [-0.1, -0.05) is 50.8 Å². The average molecular weight is 758 g/mol. The van der Waals surface area contributed by atoms with E-state index in [1.165, 1.54) is 18.2 Å². The first-order valence-corrected chi connectivity index (χ1v) is 27.3. The third kappa shape index (κ3) is 14.6. The van der Waals surface area contributed by atoms with Crippen molar-refractivity contribution < 1.29 is 36.5 Å². The molecule has 0 saturated heterocycles. The molecule has 0 spiro atoms. The summed E-state index contributed by atoms with van der Waals surface area (Å²) in [6.07, 6.45) is 6.60. The van der Waals surface area contributed by atoms with E-state index in [4.69, 9.17) is 22.4 Å². The number of rotatable bonds is 21. The molecule has 3 aromatic carbocycles. The van der Waals surface area contributed by atoms with Crippen LogP contribution >= 0.6 is 0 Å². The lowest BCUT2D eigenvalue weighted by Gasteiger charge is -2.37. The van der Waals surface area contributed by atoms with Crippen molar-refractivity contribution in [1.82, 2.24) is 0 Å². The number of halogens is 1. The van der Waals surface area contributed by atoms with E-state index in [0.717, 1.165) is 57.1 Å². The lowest BCUT2D eigenvalue weighted by Crippen LogP contribution is -2.51. The van der Waals surface area contributed by atoms with E-state index in [1.54, 1.807) is 36.4 Å². The number of carbonyl (C=O) groups is 1. The summed E-state index contributed by atoms with van der Waals surface area (Å²) < 4.78 is 44.8. The predicted molar refractivity (Wildman–Crippen MR) is 209 cm³/mol. The van der Waals surface area contributed by atoms with Crippen molar-refractivity contribution in [3.8, 4) is 28.4 Å². The first kappa shape index (κ1) is 42.0. The van der Waals surface area contributed by atoms with Gasteiger partial charge in [-0.2, -0.15) is 0 Å². The number of ether oxygens (including phenoxy) is 3. The van der Waals surface area contributed by atoms with Crippen LogP contribution in [0.3, 0.4) is 0 Å². The number of nitrogens with zero attached hydrogens (tertiary/aromatic N) is 1. The molecule has 3 aromatic rings. The van der Waals surface area contributed by atoms with Crippen molar-refractivity contribution in [1.29, 1.82) is 0 Å². The van der Waals surface area contributed by atoms with E-state index < -0.39 is 41.9 Å². The van der Waals surface area contributed by atoms with Crippen LogP contribution in [-0.4, -0.2) is 48.8 Å². The maximum atomic E-state index is 14.8. The molecule has 0 unspecified atom stereocenters. The van der Waals surface area contributed by atoms with Crippen LogP contribution in [0.4, 0.5) is 10.1 Å². The van der Waals surface area contributed by atoms with Gasteiger partial charge < -0.3 is 22.4 Å². The Hall–Kier alpha value is -3.37. The van der Waals surface area contributed by atoms with Gasteiger partial charge in [0.2, 0.25) is 0 Å². The van der Waals surface area contributed by atoms with Crippen molar-refractivity contribution >= 4 is 36.9 Å². The Kier molecular flexibility index (Phi) is 15.6. The minimum Gasteiger partial charge on any atom is -0.491 e. The van der Waals surface area contributed by atoms with E-state index in [0.29, 0.717) is 17.7 Å². The van der Waals surface area contributed by atoms with E-state index in [1.807, 2.05) is 6.92 Å². The van der Waals surface area contributed by atoms with Crippen molar-refractivity contribution in [2.24, 2.45) is 0 Å². The maximum Gasteiger partial charge on any atom is 0.343 e. The van der Waals surface area contributed by atoms with Crippen LogP contribution in [0.2, 0.25) is 51.9 Å². The van der Waals surface area contributed by atoms with E-state index >= 15 is 0 Å². The SMILES string of the molecule is CCCCC[C@@H](C)Oc1ccc(-c2ccc(OC(=O)c3ccc(OCCCCC[Si](C)(C)O[Si](C)(C)O[Si](C)(C)C)c(F)c3)cc2)cc1[N+](=O)[O-]. The first-order valence-electron chi connectivity index (χ1n) is 18.0. The van der Waals surface area contributed by atoms with E-state index in [-0.39, 0.29) is 34.6 Å². The molecule has 0 N–H and O–H groups in total. The zero-order chi connectivity index (χ0) is 37.8. The number of nitro benzene ring substituents is 1. The van der Waals surface area contributed by atoms with Crippen molar-refractivity contribution in [3.63, 3.8) is 0 Å². The second kappa shape index (κ2) is 18.9. The number of hydrogen-bond donors (Lipinski definition) is 0. The molecule has 280 valence electrons. The molecular weight excluding hydrogens is 702 g/mol. The first-order chi connectivity index (χ1) is 23.9. The summed E-state index contributed by atoms with van der Waals surface area (Å²) in [5.41, 5.74) is 1.26. The minimum atomic E-state index is -2.16. The van der Waals surface area contributed by atoms with Gasteiger partial charge in [-0.15, -0.1) is 0 Å². The van der Waals surface area contributed by atoms with Gasteiger partial charge >= 0.3 is 20.2 Å². The van der Waals surface area contributed by atoms with Gasteiger partial charge in [-0.05, 0) is 126 Å². The van der Waals surface area contributed by atoms with Crippen molar-refractivity contribution in [3.05, 3.63) is 82.2 Å². The molecule has 9 nitrogen and oxygen atoms in total. The van der Waals surface area contributed by atoms with Gasteiger partial charge in [0, 0.05) is 6.07 Å². The number of carbonyl (C=O) groups excluding carboxylic acids is 1. The largest absolute Gasteiger partial charge is 0.491 e. The normalized spacial score (nSPS) is 12.7. The number of hydrogen-bond acceptors (Lipinski definition) is 8. The summed E-state index contributed by atoms with van der Waals surface area (Å²) in [4.78, 5) is 24.2. The van der Waals surface area contributed by atoms with Gasteiger partial charge in [0.05, 0.1) is 23.2 Å². The summed E-state index contributed by atoms with van der Waals surface area (Å²) in [5.74, 6) is -0.777. The Balaban J connectivity index is 1.49. The van der Waals surface area contributed by atoms with Gasteiger partial charge in [0.1, 0.15) is 5.75 Å². The van der Waals surface area contributed by atoms with Gasteiger partial charge in [0.15, 0.2) is 34.0 Å². The number of nitro groups is 1. The molecule has 0 heterocycles.